The van der Waals surface area contributed by atoms with E-state index in [0.717, 1.165) is 5.56 Å². The Morgan fingerprint density at radius 3 is 2.20 bits per heavy atom. The summed E-state index contributed by atoms with van der Waals surface area (Å²) >= 11 is 0. The summed E-state index contributed by atoms with van der Waals surface area (Å²) in [4.78, 5) is 38.5. The number of nitrogens with one attached hydrogen (secondary N) is 1. The molecule has 1 N–H and O–H groups in total. The van der Waals surface area contributed by atoms with Crippen LogP contribution in [0.5, 0.6) is 17.2 Å². The van der Waals surface area contributed by atoms with Gasteiger partial charge in [-0.3, -0.25) is 19.0 Å². The molecule has 2 aromatic heterocycles. The molecule has 0 atom stereocenters. The molecule has 1 aliphatic rings. The van der Waals surface area contributed by atoms with Gasteiger partial charge in [0, 0.05) is 55.3 Å². The zero-order valence-corrected chi connectivity index (χ0v) is 24.3. The molecule has 0 bridgehead atoms. The third-order valence-corrected chi connectivity index (χ3v) is 7.33. The summed E-state index contributed by atoms with van der Waals surface area (Å²) in [5, 5.41) is 3.14. The minimum atomic E-state index is -4.80. The smallest absolute Gasteiger partial charge is 0.496 e. The lowest BCUT2D eigenvalue weighted by Crippen LogP contribution is -2.51. The van der Waals surface area contributed by atoms with Gasteiger partial charge in [0.2, 0.25) is 5.91 Å². The van der Waals surface area contributed by atoms with Crippen LogP contribution >= 0.6 is 0 Å². The highest BCUT2D eigenvalue weighted by molar-refractivity contribution is 5.95. The van der Waals surface area contributed by atoms with Crippen molar-refractivity contribution in [2.45, 2.75) is 19.7 Å². The molecule has 44 heavy (non-hydrogen) atoms. The molecule has 0 saturated carbocycles. The number of nitrogens with zero attached hydrogens (tertiary/aromatic N) is 5. The van der Waals surface area contributed by atoms with E-state index in [1.54, 1.807) is 52.9 Å². The number of ether oxygens (including phenoxy) is 3. The van der Waals surface area contributed by atoms with Crippen molar-refractivity contribution in [3.05, 3.63) is 66.1 Å². The maximum absolute atomic E-state index is 13.3. The second kappa shape index (κ2) is 12.7. The van der Waals surface area contributed by atoms with Crippen molar-refractivity contribution in [2.24, 2.45) is 0 Å². The monoisotopic (exact) mass is 612 g/mol. The number of piperazine rings is 1. The third kappa shape index (κ3) is 6.48. The Balaban J connectivity index is 1.25. The highest BCUT2D eigenvalue weighted by Gasteiger charge is 2.31. The predicted molar refractivity (Wildman–Crippen MR) is 155 cm³/mol. The van der Waals surface area contributed by atoms with Crippen molar-refractivity contribution in [2.75, 3.05) is 52.3 Å². The fourth-order valence-corrected chi connectivity index (χ4v) is 5.16. The fourth-order valence-electron chi connectivity index (χ4n) is 5.16. The number of fused-ring (bicyclic) bond motifs is 1. The summed E-state index contributed by atoms with van der Waals surface area (Å²) in [5.41, 5.74) is 2.77. The third-order valence-electron chi connectivity index (χ3n) is 7.33. The number of imidazole rings is 1. The highest BCUT2D eigenvalue weighted by Crippen LogP contribution is 2.33. The first-order valence-electron chi connectivity index (χ1n) is 13.9. The summed E-state index contributed by atoms with van der Waals surface area (Å²) < 4.78 is 54.4. The molecule has 3 heterocycles. The lowest BCUT2D eigenvalue weighted by Gasteiger charge is -2.35. The van der Waals surface area contributed by atoms with Gasteiger partial charge in [-0.1, -0.05) is 6.92 Å². The van der Waals surface area contributed by atoms with Crippen molar-refractivity contribution in [3.8, 4) is 28.5 Å². The Labute approximate surface area is 251 Å². The SMILES string of the molecule is CCc1c(OC)cc(C(=O)N2CCN(C(=O)CNc3c(-c4ccc(OC(F)(F)F)cc4)nc4cnccn34)CC2)cc1OC. The normalized spacial score (nSPS) is 13.6. The molecule has 0 spiro atoms. The zero-order chi connectivity index (χ0) is 31.4. The largest absolute Gasteiger partial charge is 0.573 e. The van der Waals surface area contributed by atoms with Gasteiger partial charge in [0.15, 0.2) is 5.65 Å². The number of benzene rings is 2. The molecule has 0 unspecified atom stereocenters. The molecule has 1 aliphatic heterocycles. The molecule has 0 radical (unpaired) electrons. The number of aromatic nitrogens is 3. The van der Waals surface area contributed by atoms with Crippen LogP contribution in [-0.2, 0) is 11.2 Å². The maximum atomic E-state index is 13.3. The Morgan fingerprint density at radius 1 is 0.977 bits per heavy atom. The molecular formula is C30H31F3N6O5. The van der Waals surface area contributed by atoms with Gasteiger partial charge in [0.05, 0.1) is 27.0 Å². The number of hydrogen-bond acceptors (Lipinski definition) is 8. The first kappa shape index (κ1) is 30.4. The van der Waals surface area contributed by atoms with E-state index in [4.69, 9.17) is 9.47 Å². The van der Waals surface area contributed by atoms with Gasteiger partial charge in [-0.25, -0.2) is 4.98 Å². The number of alkyl halides is 3. The summed E-state index contributed by atoms with van der Waals surface area (Å²) in [6.45, 7) is 3.30. The van der Waals surface area contributed by atoms with Gasteiger partial charge in [-0.2, -0.15) is 0 Å². The molecular weight excluding hydrogens is 581 g/mol. The van der Waals surface area contributed by atoms with Crippen LogP contribution in [0, 0.1) is 0 Å². The Kier molecular flexibility index (Phi) is 8.78. The van der Waals surface area contributed by atoms with Gasteiger partial charge < -0.3 is 29.3 Å². The molecule has 0 aliphatic carbocycles. The van der Waals surface area contributed by atoms with Gasteiger partial charge >= 0.3 is 6.36 Å². The number of amides is 2. The van der Waals surface area contributed by atoms with Crippen LogP contribution < -0.4 is 19.5 Å². The standard InChI is InChI=1S/C30H31F3N6O5/c1-4-22-23(42-2)15-20(16-24(22)43-3)29(41)38-13-11-37(12-14-38)26(40)18-35-28-27(36-25-17-34-9-10-39(25)28)19-5-7-21(8-6-19)44-30(31,32)33/h5-10,15-17,35H,4,11-14,18H2,1-3H3. The number of hydrogen-bond donors (Lipinski definition) is 1. The minimum absolute atomic E-state index is 0.0702. The van der Waals surface area contributed by atoms with Crippen molar-refractivity contribution < 1.29 is 37.0 Å². The zero-order valence-electron chi connectivity index (χ0n) is 24.3. The predicted octanol–water partition coefficient (Wildman–Crippen LogP) is 4.27. The van der Waals surface area contributed by atoms with Gasteiger partial charge in [0.25, 0.3) is 5.91 Å². The Bertz CT molecular complexity index is 1620. The second-order valence-electron chi connectivity index (χ2n) is 9.93. The van der Waals surface area contributed by atoms with Gasteiger partial charge in [-0.15, -0.1) is 13.2 Å². The van der Waals surface area contributed by atoms with Gasteiger partial charge in [-0.05, 0) is 42.8 Å². The van der Waals surface area contributed by atoms with E-state index in [1.807, 2.05) is 6.92 Å². The van der Waals surface area contributed by atoms with Crippen LogP contribution in [-0.4, -0.2) is 89.3 Å². The summed E-state index contributed by atoms with van der Waals surface area (Å²) in [6, 6.07) is 8.74. The number of carbonyl (C=O) groups excluding carboxylic acids is 2. The topological polar surface area (TPSA) is 111 Å². The minimum Gasteiger partial charge on any atom is -0.496 e. The number of anilines is 1. The van der Waals surface area contributed by atoms with Crippen LogP contribution in [0.4, 0.5) is 19.0 Å². The molecule has 14 heteroatoms. The van der Waals surface area contributed by atoms with Crippen molar-refractivity contribution in [3.63, 3.8) is 0 Å². The average Bonchev–Trinajstić information content (AvgIpc) is 3.40. The first-order chi connectivity index (χ1) is 21.1. The number of halogens is 3. The van der Waals surface area contributed by atoms with E-state index in [0.29, 0.717) is 72.4 Å². The number of methoxy groups -OCH3 is 2. The summed E-state index contributed by atoms with van der Waals surface area (Å²) in [7, 11) is 3.10. The van der Waals surface area contributed by atoms with Crippen molar-refractivity contribution >= 4 is 23.3 Å². The molecule has 1 saturated heterocycles. The Hall–Kier alpha value is -5.01. The number of carbonyl (C=O) groups is 2. The van der Waals surface area contributed by atoms with Crippen LogP contribution in [0.15, 0.2) is 55.0 Å². The lowest BCUT2D eigenvalue weighted by molar-refractivity contribution is -0.274. The second-order valence-corrected chi connectivity index (χ2v) is 9.93. The molecule has 1 fully saturated rings. The van der Waals surface area contributed by atoms with E-state index in [-0.39, 0.29) is 24.1 Å². The van der Waals surface area contributed by atoms with Crippen LogP contribution in [0.3, 0.4) is 0 Å². The fraction of sp³-hybridized carbons (Fsp3) is 0.333. The van der Waals surface area contributed by atoms with E-state index in [9.17, 15) is 22.8 Å². The molecule has 2 aromatic carbocycles. The summed E-state index contributed by atoms with van der Waals surface area (Å²) in [5.74, 6) is 0.936. The number of rotatable bonds is 9. The summed E-state index contributed by atoms with van der Waals surface area (Å²) in [6.07, 6.45) is 0.648. The van der Waals surface area contributed by atoms with E-state index >= 15 is 0 Å². The lowest BCUT2D eigenvalue weighted by atomic mass is 10.1. The van der Waals surface area contributed by atoms with Crippen molar-refractivity contribution in [1.29, 1.82) is 0 Å². The maximum Gasteiger partial charge on any atom is 0.573 e. The average molecular weight is 613 g/mol. The molecule has 2 amide bonds. The molecule has 4 aromatic rings. The van der Waals surface area contributed by atoms with E-state index < -0.39 is 6.36 Å². The van der Waals surface area contributed by atoms with Gasteiger partial charge in [0.1, 0.15) is 28.8 Å². The molecule has 232 valence electrons. The van der Waals surface area contributed by atoms with Crippen LogP contribution in [0.25, 0.3) is 16.9 Å². The quantitative estimate of drug-likeness (QED) is 0.299. The first-order valence-corrected chi connectivity index (χ1v) is 13.9. The van der Waals surface area contributed by atoms with Crippen molar-refractivity contribution in [1.82, 2.24) is 24.2 Å². The van der Waals surface area contributed by atoms with Crippen LogP contribution in [0.2, 0.25) is 0 Å². The Morgan fingerprint density at radius 2 is 1.61 bits per heavy atom. The highest BCUT2D eigenvalue weighted by atomic mass is 19.4. The molecule has 11 nitrogen and oxygen atoms in total. The van der Waals surface area contributed by atoms with E-state index in [1.165, 1.54) is 30.5 Å². The molecule has 5 rings (SSSR count). The van der Waals surface area contributed by atoms with E-state index in [2.05, 4.69) is 20.0 Å². The van der Waals surface area contributed by atoms with Crippen LogP contribution in [0.1, 0.15) is 22.8 Å².